The molecule has 9 rings (SSSR count). The SMILES string of the molecule is CCC(CCc1ccc2sc3cc(-n4c5ccccc5c5cc6ccccc6cc54)ccc3c2c1)C(=NC(=N)c1ccccc1)c1ccccc1. The second-order valence-corrected chi connectivity index (χ2v) is 14.5. The quantitative estimate of drug-likeness (QED) is 0.123. The lowest BCUT2D eigenvalue weighted by Gasteiger charge is -2.19. The Morgan fingerprint density at radius 3 is 2.10 bits per heavy atom. The number of nitrogens with zero attached hydrogens (tertiary/aromatic N) is 2. The van der Waals surface area contributed by atoms with Gasteiger partial charge in [-0.3, -0.25) is 5.41 Å². The first kappa shape index (κ1) is 31.2. The van der Waals surface area contributed by atoms with E-state index in [1.165, 1.54) is 64.0 Å². The first-order valence-electron chi connectivity index (χ1n) is 17.8. The first-order valence-corrected chi connectivity index (χ1v) is 18.6. The Morgan fingerprint density at radius 1 is 0.608 bits per heavy atom. The third-order valence-electron chi connectivity index (χ3n) is 10.3. The van der Waals surface area contributed by atoms with Gasteiger partial charge in [0.05, 0.1) is 16.7 Å². The van der Waals surface area contributed by atoms with E-state index in [0.29, 0.717) is 5.84 Å². The van der Waals surface area contributed by atoms with Crippen LogP contribution in [0.25, 0.3) is 58.4 Å². The molecule has 0 amide bonds. The predicted octanol–water partition coefficient (Wildman–Crippen LogP) is 12.8. The van der Waals surface area contributed by atoms with Crippen molar-refractivity contribution in [2.75, 3.05) is 0 Å². The highest BCUT2D eigenvalue weighted by Crippen LogP contribution is 2.39. The molecular formula is C47H37N3S. The lowest BCUT2D eigenvalue weighted by atomic mass is 9.88. The summed E-state index contributed by atoms with van der Waals surface area (Å²) in [6, 6.07) is 56.3. The summed E-state index contributed by atoms with van der Waals surface area (Å²) in [7, 11) is 0. The number of aliphatic imine (C=N–C) groups is 1. The molecule has 0 saturated heterocycles. The number of para-hydroxylation sites is 1. The van der Waals surface area contributed by atoms with E-state index >= 15 is 0 Å². The Balaban J connectivity index is 1.05. The van der Waals surface area contributed by atoms with Crippen molar-refractivity contribution >= 4 is 75.6 Å². The summed E-state index contributed by atoms with van der Waals surface area (Å²) in [5.41, 5.74) is 7.93. The van der Waals surface area contributed by atoms with Gasteiger partial charge in [0.25, 0.3) is 0 Å². The Morgan fingerprint density at radius 2 is 1.31 bits per heavy atom. The minimum atomic E-state index is 0.234. The maximum Gasteiger partial charge on any atom is 0.152 e. The Labute approximate surface area is 301 Å². The van der Waals surface area contributed by atoms with Gasteiger partial charge in [-0.05, 0) is 83.6 Å². The van der Waals surface area contributed by atoms with E-state index in [1.807, 2.05) is 47.7 Å². The van der Waals surface area contributed by atoms with E-state index in [0.717, 1.165) is 36.1 Å². The lowest BCUT2D eigenvalue weighted by Crippen LogP contribution is -2.18. The lowest BCUT2D eigenvalue weighted by molar-refractivity contribution is 0.606. The van der Waals surface area contributed by atoms with Crippen molar-refractivity contribution in [3.05, 3.63) is 174 Å². The average Bonchev–Trinajstić information content (AvgIpc) is 3.71. The molecule has 0 aliphatic rings. The third kappa shape index (κ3) is 5.72. The van der Waals surface area contributed by atoms with E-state index in [1.54, 1.807) is 0 Å². The number of fused-ring (bicyclic) bond motifs is 7. The fourth-order valence-corrected chi connectivity index (χ4v) is 8.82. The van der Waals surface area contributed by atoms with Crippen molar-refractivity contribution in [1.29, 1.82) is 5.41 Å². The molecule has 1 unspecified atom stereocenters. The van der Waals surface area contributed by atoms with Gasteiger partial charge in [-0.15, -0.1) is 11.3 Å². The summed E-state index contributed by atoms with van der Waals surface area (Å²) in [6.45, 7) is 2.24. The van der Waals surface area contributed by atoms with Crippen molar-refractivity contribution in [3.8, 4) is 5.69 Å². The molecule has 7 aromatic carbocycles. The summed E-state index contributed by atoms with van der Waals surface area (Å²) in [5, 5.41) is 16.5. The fraction of sp³-hybridized carbons (Fsp3) is 0.106. The van der Waals surface area contributed by atoms with Crippen LogP contribution in [0.2, 0.25) is 0 Å². The summed E-state index contributed by atoms with van der Waals surface area (Å²) in [5.74, 6) is 0.546. The zero-order chi connectivity index (χ0) is 34.3. The van der Waals surface area contributed by atoms with Crippen LogP contribution in [0, 0.1) is 11.3 Å². The minimum Gasteiger partial charge on any atom is -0.309 e. The van der Waals surface area contributed by atoms with Gasteiger partial charge in [-0.25, -0.2) is 4.99 Å². The normalized spacial score (nSPS) is 12.8. The third-order valence-corrected chi connectivity index (χ3v) is 11.5. The molecule has 0 bridgehead atoms. The highest BCUT2D eigenvalue weighted by molar-refractivity contribution is 7.25. The molecule has 0 saturated carbocycles. The van der Waals surface area contributed by atoms with Gasteiger partial charge < -0.3 is 4.57 Å². The number of hydrogen-bond donors (Lipinski definition) is 1. The molecule has 0 aliphatic carbocycles. The second-order valence-electron chi connectivity index (χ2n) is 13.4. The summed E-state index contributed by atoms with van der Waals surface area (Å²) >= 11 is 1.87. The van der Waals surface area contributed by atoms with Crippen LogP contribution < -0.4 is 0 Å². The number of nitrogens with one attached hydrogen (secondary N) is 1. The van der Waals surface area contributed by atoms with E-state index in [9.17, 15) is 0 Å². The summed E-state index contributed by atoms with van der Waals surface area (Å²) in [4.78, 5) is 4.96. The van der Waals surface area contributed by atoms with Crippen molar-refractivity contribution in [2.24, 2.45) is 10.9 Å². The molecule has 9 aromatic rings. The summed E-state index contributed by atoms with van der Waals surface area (Å²) in [6.07, 6.45) is 2.87. The molecule has 51 heavy (non-hydrogen) atoms. The van der Waals surface area contributed by atoms with Crippen LogP contribution in [0.5, 0.6) is 0 Å². The molecule has 0 spiro atoms. The monoisotopic (exact) mass is 675 g/mol. The maximum atomic E-state index is 8.81. The molecule has 3 nitrogen and oxygen atoms in total. The number of thiophene rings is 1. The number of rotatable bonds is 8. The van der Waals surface area contributed by atoms with Gasteiger partial charge in [-0.1, -0.05) is 122 Å². The Bertz CT molecular complexity index is 2750. The topological polar surface area (TPSA) is 41.1 Å². The van der Waals surface area contributed by atoms with Gasteiger partial charge in [-0.2, -0.15) is 0 Å². The number of benzene rings is 7. The highest BCUT2D eigenvalue weighted by Gasteiger charge is 2.19. The minimum absolute atomic E-state index is 0.234. The molecule has 1 atom stereocenters. The molecule has 0 fully saturated rings. The van der Waals surface area contributed by atoms with Crippen LogP contribution in [0.15, 0.2) is 163 Å². The van der Waals surface area contributed by atoms with E-state index < -0.39 is 0 Å². The van der Waals surface area contributed by atoms with Gasteiger partial charge >= 0.3 is 0 Å². The number of aryl methyl sites for hydroxylation is 1. The average molecular weight is 676 g/mol. The Hall–Kier alpha value is -5.84. The molecular weight excluding hydrogens is 639 g/mol. The smallest absolute Gasteiger partial charge is 0.152 e. The van der Waals surface area contributed by atoms with Crippen molar-refractivity contribution in [2.45, 2.75) is 26.2 Å². The van der Waals surface area contributed by atoms with Gasteiger partial charge in [0.1, 0.15) is 0 Å². The van der Waals surface area contributed by atoms with E-state index in [-0.39, 0.29) is 5.92 Å². The standard InChI is InChI=1S/C47H37N3S/c1-2-32(46(33-13-5-3-6-14-33)49-47(48)34-15-7-4-8-16-34)23-21-31-22-26-44-41(27-31)39-25-24-37(30-45(39)51-44)50-42-20-12-11-19-38(42)40-28-35-17-9-10-18-36(35)29-43(40)50/h3-20,22,24-30,32,48H,2,21,23H2,1H3. The zero-order valence-corrected chi connectivity index (χ0v) is 29.3. The van der Waals surface area contributed by atoms with Gasteiger partial charge in [0.2, 0.25) is 0 Å². The van der Waals surface area contributed by atoms with E-state index in [4.69, 9.17) is 10.4 Å². The molecule has 2 aromatic heterocycles. The molecule has 0 aliphatic heterocycles. The Kier molecular flexibility index (Phi) is 8.02. The largest absolute Gasteiger partial charge is 0.309 e. The molecule has 1 N–H and O–H groups in total. The molecule has 0 radical (unpaired) electrons. The second kappa shape index (κ2) is 13.1. The molecule has 246 valence electrons. The first-order chi connectivity index (χ1) is 25.1. The van der Waals surface area contributed by atoms with E-state index in [2.05, 4.69) is 133 Å². The number of hydrogen-bond acceptors (Lipinski definition) is 2. The summed E-state index contributed by atoms with van der Waals surface area (Å²) < 4.78 is 5.05. The number of amidine groups is 1. The fourth-order valence-electron chi connectivity index (χ4n) is 7.70. The molecule has 4 heteroatoms. The maximum absolute atomic E-state index is 8.81. The van der Waals surface area contributed by atoms with Crippen LogP contribution in [0.1, 0.15) is 36.5 Å². The zero-order valence-electron chi connectivity index (χ0n) is 28.5. The van der Waals surface area contributed by atoms with Gasteiger partial charge in [0.15, 0.2) is 5.84 Å². The van der Waals surface area contributed by atoms with Crippen molar-refractivity contribution in [1.82, 2.24) is 4.57 Å². The van der Waals surface area contributed by atoms with Crippen LogP contribution in [0.4, 0.5) is 0 Å². The van der Waals surface area contributed by atoms with Gasteiger partial charge in [0, 0.05) is 48.1 Å². The van der Waals surface area contributed by atoms with Crippen LogP contribution in [0.3, 0.4) is 0 Å². The van der Waals surface area contributed by atoms with Crippen LogP contribution in [-0.2, 0) is 6.42 Å². The predicted molar refractivity (Wildman–Crippen MR) is 220 cm³/mol. The van der Waals surface area contributed by atoms with Crippen molar-refractivity contribution < 1.29 is 0 Å². The van der Waals surface area contributed by atoms with Crippen molar-refractivity contribution in [3.63, 3.8) is 0 Å². The molecule has 2 heterocycles. The number of aromatic nitrogens is 1. The van der Waals surface area contributed by atoms with Crippen LogP contribution in [-0.4, -0.2) is 16.1 Å². The van der Waals surface area contributed by atoms with Crippen LogP contribution >= 0.6 is 11.3 Å². The highest BCUT2D eigenvalue weighted by atomic mass is 32.1.